The van der Waals surface area contributed by atoms with E-state index in [0.29, 0.717) is 32.6 Å². The van der Waals surface area contributed by atoms with E-state index in [2.05, 4.69) is 11.0 Å². The lowest BCUT2D eigenvalue weighted by molar-refractivity contribution is -0.126. The van der Waals surface area contributed by atoms with E-state index in [1.807, 2.05) is 55.5 Å². The molecule has 2 heterocycles. The summed E-state index contributed by atoms with van der Waals surface area (Å²) >= 11 is 0. The predicted molar refractivity (Wildman–Crippen MR) is 121 cm³/mol. The van der Waals surface area contributed by atoms with Crippen molar-refractivity contribution in [3.63, 3.8) is 0 Å². The highest BCUT2D eigenvalue weighted by atomic mass is 16.5. The van der Waals surface area contributed by atoms with E-state index in [9.17, 15) is 10.1 Å². The third kappa shape index (κ3) is 4.13. The maximum atomic E-state index is 13.1. The van der Waals surface area contributed by atoms with E-state index >= 15 is 0 Å². The van der Waals surface area contributed by atoms with Crippen LogP contribution in [0.25, 0.3) is 17.0 Å². The summed E-state index contributed by atoms with van der Waals surface area (Å²) in [5.74, 6) is 1.37. The molecule has 0 saturated carbocycles. The molecule has 3 aromatic rings. The number of anilines is 1. The second-order valence-electron chi connectivity index (χ2n) is 7.44. The van der Waals surface area contributed by atoms with Crippen LogP contribution in [0.5, 0.6) is 5.75 Å². The number of furan rings is 1. The van der Waals surface area contributed by atoms with Crippen LogP contribution >= 0.6 is 0 Å². The molecule has 1 aliphatic rings. The van der Waals surface area contributed by atoms with E-state index in [-0.39, 0.29) is 11.5 Å². The minimum atomic E-state index is -0.232. The zero-order chi connectivity index (χ0) is 21.8. The number of hydrogen-bond donors (Lipinski definition) is 0. The van der Waals surface area contributed by atoms with Gasteiger partial charge in [-0.25, -0.2) is 0 Å². The van der Waals surface area contributed by atoms with Crippen molar-refractivity contribution in [2.45, 2.75) is 13.3 Å². The molecule has 0 atom stereocenters. The van der Waals surface area contributed by atoms with E-state index in [1.165, 1.54) is 0 Å². The van der Waals surface area contributed by atoms with E-state index in [4.69, 9.17) is 9.15 Å². The molecule has 1 amide bonds. The first-order valence-electron chi connectivity index (χ1n) is 10.4. The number of carbonyl (C=O) groups is 1. The zero-order valence-corrected chi connectivity index (χ0v) is 17.8. The number of fused-ring (bicyclic) bond motifs is 1. The van der Waals surface area contributed by atoms with Gasteiger partial charge >= 0.3 is 0 Å². The van der Waals surface area contributed by atoms with Crippen molar-refractivity contribution in [3.05, 3.63) is 65.4 Å². The van der Waals surface area contributed by atoms with Gasteiger partial charge in [0.05, 0.1) is 7.11 Å². The number of rotatable bonds is 5. The molecule has 6 nitrogen and oxygen atoms in total. The molecule has 0 spiro atoms. The SMILES string of the molecule is CCc1oc2ccccc2c1/C=C(\C#N)C(=O)N1CCN(c2ccc(OC)cc2)CC1. The summed E-state index contributed by atoms with van der Waals surface area (Å²) in [5.41, 5.74) is 2.82. The van der Waals surface area contributed by atoms with Crippen molar-refractivity contribution in [1.29, 1.82) is 5.26 Å². The van der Waals surface area contributed by atoms with Crippen molar-refractivity contribution >= 4 is 28.6 Å². The van der Waals surface area contributed by atoms with Gasteiger partial charge in [-0.15, -0.1) is 0 Å². The quantitative estimate of drug-likeness (QED) is 0.460. The van der Waals surface area contributed by atoms with E-state index in [0.717, 1.165) is 33.7 Å². The maximum absolute atomic E-state index is 13.1. The summed E-state index contributed by atoms with van der Waals surface area (Å²) < 4.78 is 11.1. The summed E-state index contributed by atoms with van der Waals surface area (Å²) in [4.78, 5) is 17.1. The molecular weight excluding hydrogens is 390 g/mol. The minimum absolute atomic E-state index is 0.138. The molecule has 31 heavy (non-hydrogen) atoms. The number of carbonyl (C=O) groups excluding carboxylic acids is 1. The van der Waals surface area contributed by atoms with Crippen LogP contribution < -0.4 is 9.64 Å². The summed E-state index contributed by atoms with van der Waals surface area (Å²) in [5, 5.41) is 10.6. The molecule has 1 saturated heterocycles. The van der Waals surface area contributed by atoms with Crippen molar-refractivity contribution in [2.24, 2.45) is 0 Å². The first-order valence-corrected chi connectivity index (χ1v) is 10.4. The van der Waals surface area contributed by atoms with Crippen LogP contribution in [0, 0.1) is 11.3 Å². The standard InChI is InChI=1S/C25H25N3O3/c1-3-23-22(21-6-4-5-7-24(21)31-23)16-18(17-26)25(29)28-14-12-27(13-15-28)19-8-10-20(30-2)11-9-19/h4-11,16H,3,12-15H2,1-2H3/b18-16+. The second kappa shape index (κ2) is 8.97. The van der Waals surface area contributed by atoms with Crippen molar-refractivity contribution in [1.82, 2.24) is 4.90 Å². The Morgan fingerprint density at radius 1 is 1.13 bits per heavy atom. The molecule has 158 valence electrons. The van der Waals surface area contributed by atoms with Gasteiger partial charge in [0.2, 0.25) is 0 Å². The number of piperazine rings is 1. The van der Waals surface area contributed by atoms with Gasteiger partial charge in [-0.05, 0) is 36.4 Å². The van der Waals surface area contributed by atoms with Gasteiger partial charge in [-0.3, -0.25) is 4.79 Å². The van der Waals surface area contributed by atoms with Gasteiger partial charge in [-0.1, -0.05) is 25.1 Å². The van der Waals surface area contributed by atoms with Crippen LogP contribution in [0.15, 0.2) is 58.5 Å². The Labute approximate surface area is 181 Å². The Balaban J connectivity index is 1.51. The number of methoxy groups -OCH3 is 1. The lowest BCUT2D eigenvalue weighted by atomic mass is 10.1. The Morgan fingerprint density at radius 2 is 1.84 bits per heavy atom. The molecule has 0 radical (unpaired) electrons. The van der Waals surface area contributed by atoms with Crippen LogP contribution in [0.1, 0.15) is 18.2 Å². The van der Waals surface area contributed by atoms with Gasteiger partial charge in [0, 0.05) is 49.2 Å². The molecule has 4 rings (SSSR count). The summed E-state index contributed by atoms with van der Waals surface area (Å²) in [6, 6.07) is 17.7. The highest BCUT2D eigenvalue weighted by Crippen LogP contribution is 2.29. The van der Waals surface area contributed by atoms with Crippen LogP contribution in [0.3, 0.4) is 0 Å². The van der Waals surface area contributed by atoms with E-state index < -0.39 is 0 Å². The van der Waals surface area contributed by atoms with Crippen LogP contribution in [-0.4, -0.2) is 44.1 Å². The van der Waals surface area contributed by atoms with Crippen LogP contribution in [0.4, 0.5) is 5.69 Å². The van der Waals surface area contributed by atoms with Crippen molar-refractivity contribution < 1.29 is 13.9 Å². The number of hydrogen-bond acceptors (Lipinski definition) is 5. The molecule has 0 aliphatic carbocycles. The highest BCUT2D eigenvalue weighted by molar-refractivity contribution is 6.04. The average molecular weight is 415 g/mol. The first-order chi connectivity index (χ1) is 15.1. The normalized spacial score (nSPS) is 14.5. The van der Waals surface area contributed by atoms with Gasteiger partial charge in [0.15, 0.2) is 0 Å². The number of benzene rings is 2. The Bertz CT molecular complexity index is 1150. The summed E-state index contributed by atoms with van der Waals surface area (Å²) in [6.07, 6.45) is 2.37. The molecule has 0 bridgehead atoms. The molecule has 0 N–H and O–H groups in total. The summed E-state index contributed by atoms with van der Waals surface area (Å²) in [7, 11) is 1.65. The molecule has 0 unspecified atom stereocenters. The third-order valence-corrected chi connectivity index (χ3v) is 5.68. The maximum Gasteiger partial charge on any atom is 0.264 e. The van der Waals surface area contributed by atoms with Crippen LogP contribution in [-0.2, 0) is 11.2 Å². The Morgan fingerprint density at radius 3 is 2.48 bits per heavy atom. The average Bonchev–Trinajstić information content (AvgIpc) is 3.19. The van der Waals surface area contributed by atoms with Gasteiger partial charge in [0.25, 0.3) is 5.91 Å². The number of ether oxygens (including phenoxy) is 1. The van der Waals surface area contributed by atoms with E-state index in [1.54, 1.807) is 18.1 Å². The lowest BCUT2D eigenvalue weighted by Crippen LogP contribution is -2.49. The van der Waals surface area contributed by atoms with Crippen LogP contribution in [0.2, 0.25) is 0 Å². The summed E-state index contributed by atoms with van der Waals surface area (Å²) in [6.45, 7) is 4.56. The Kier molecular flexibility index (Phi) is 5.94. The fraction of sp³-hybridized carbons (Fsp3) is 0.280. The largest absolute Gasteiger partial charge is 0.497 e. The lowest BCUT2D eigenvalue weighted by Gasteiger charge is -2.36. The molecule has 6 heteroatoms. The molecule has 1 aromatic heterocycles. The fourth-order valence-electron chi connectivity index (χ4n) is 3.95. The third-order valence-electron chi connectivity index (χ3n) is 5.68. The van der Waals surface area contributed by atoms with Gasteiger partial charge in [0.1, 0.15) is 28.7 Å². The number of nitriles is 1. The highest BCUT2D eigenvalue weighted by Gasteiger charge is 2.24. The molecule has 2 aromatic carbocycles. The van der Waals surface area contributed by atoms with Crippen molar-refractivity contribution in [2.75, 3.05) is 38.2 Å². The number of aryl methyl sites for hydroxylation is 1. The predicted octanol–water partition coefficient (Wildman–Crippen LogP) is 4.26. The monoisotopic (exact) mass is 415 g/mol. The fourth-order valence-corrected chi connectivity index (χ4v) is 3.95. The molecular formula is C25H25N3O3. The second-order valence-corrected chi connectivity index (χ2v) is 7.44. The molecule has 1 fully saturated rings. The minimum Gasteiger partial charge on any atom is -0.497 e. The first kappa shape index (κ1) is 20.5. The topological polar surface area (TPSA) is 69.7 Å². The van der Waals surface area contributed by atoms with Crippen molar-refractivity contribution in [3.8, 4) is 11.8 Å². The Hall–Kier alpha value is -3.72. The smallest absolute Gasteiger partial charge is 0.264 e. The number of para-hydroxylation sites is 1. The number of amides is 1. The molecule has 1 aliphatic heterocycles. The number of nitrogens with zero attached hydrogens (tertiary/aromatic N) is 3. The van der Waals surface area contributed by atoms with Gasteiger partial charge in [-0.2, -0.15) is 5.26 Å². The zero-order valence-electron chi connectivity index (χ0n) is 17.8. The van der Waals surface area contributed by atoms with Gasteiger partial charge < -0.3 is 19.0 Å².